The molecule has 29 heavy (non-hydrogen) atoms. The molecule has 7 nitrogen and oxygen atoms in total. The van der Waals surface area contributed by atoms with Crippen LogP contribution in [0.4, 0.5) is 23.2 Å². The second kappa shape index (κ2) is 8.43. The minimum atomic E-state index is -4.88. The Morgan fingerprint density at radius 1 is 1.21 bits per heavy atom. The average Bonchev–Trinajstić information content (AvgIpc) is 2.60. The summed E-state index contributed by atoms with van der Waals surface area (Å²) in [6, 6.07) is 4.10. The summed E-state index contributed by atoms with van der Waals surface area (Å²) < 4.78 is 78.9. The Bertz CT molecular complexity index is 1030. The number of sulfonamides is 1. The molecule has 0 aliphatic rings. The van der Waals surface area contributed by atoms with Crippen molar-refractivity contribution in [1.29, 1.82) is 0 Å². The molecule has 0 aliphatic heterocycles. The van der Waals surface area contributed by atoms with Crippen LogP contribution in [0.1, 0.15) is 29.7 Å². The fourth-order valence-electron chi connectivity index (χ4n) is 2.72. The largest absolute Gasteiger partial charge is 0.419 e. The number of nitrogens with two attached hydrogens (primary N) is 1. The maximum Gasteiger partial charge on any atom is 0.419 e. The lowest BCUT2D eigenvalue weighted by Gasteiger charge is -2.17. The first-order valence-corrected chi connectivity index (χ1v) is 9.74. The monoisotopic (exact) mass is 435 g/mol. The average molecular weight is 435 g/mol. The van der Waals surface area contributed by atoms with Crippen molar-refractivity contribution >= 4 is 15.7 Å². The third-order valence-corrected chi connectivity index (χ3v) is 5.69. The number of hydrogen-bond donors (Lipinski definition) is 2. The molecule has 0 fully saturated rings. The van der Waals surface area contributed by atoms with E-state index in [1.807, 2.05) is 0 Å². The summed E-state index contributed by atoms with van der Waals surface area (Å²) in [6.07, 6.45) is -5.16. The summed E-state index contributed by atoms with van der Waals surface area (Å²) in [6.45, 7) is 1.61. The van der Waals surface area contributed by atoms with Crippen LogP contribution in [0.5, 0.6) is 0 Å². The molecule has 0 amide bonds. The number of nitro benzene ring substituents is 1. The van der Waals surface area contributed by atoms with Crippen LogP contribution < -0.4 is 10.5 Å². The Morgan fingerprint density at radius 2 is 1.86 bits per heavy atom. The SMILES string of the molecule is CCNS(=O)(=O)c1ccc([N+](=O)[O-])cc1C[C@H](N)c1ccc(C(F)(F)F)c(F)c1. The lowest BCUT2D eigenvalue weighted by atomic mass is 9.98. The zero-order valence-corrected chi connectivity index (χ0v) is 15.8. The lowest BCUT2D eigenvalue weighted by Crippen LogP contribution is -2.25. The molecule has 0 heterocycles. The summed E-state index contributed by atoms with van der Waals surface area (Å²) in [5.74, 6) is -1.52. The Hall–Kier alpha value is -2.57. The standard InChI is InChI=1S/C17H17F4N3O4S/c1-2-23-29(27,28)16-6-4-12(24(25)26)7-11(16)9-15(22)10-3-5-13(14(18)8-10)17(19,20)21/h3-8,15,23H,2,9,22H2,1H3/t15-/m0/s1. The van der Waals surface area contributed by atoms with Gasteiger partial charge in [-0.15, -0.1) is 0 Å². The normalized spacial score (nSPS) is 13.3. The summed E-state index contributed by atoms with van der Waals surface area (Å²) in [7, 11) is -4.00. The molecule has 0 spiro atoms. The fourth-order valence-corrected chi connectivity index (χ4v) is 3.99. The number of nitrogens with zero attached hydrogens (tertiary/aromatic N) is 1. The second-order valence-corrected chi connectivity index (χ2v) is 7.83. The molecule has 2 rings (SSSR count). The summed E-state index contributed by atoms with van der Waals surface area (Å²) in [4.78, 5) is 10.0. The topological polar surface area (TPSA) is 115 Å². The first-order valence-electron chi connectivity index (χ1n) is 8.26. The third-order valence-electron chi connectivity index (χ3n) is 4.05. The number of non-ortho nitro benzene ring substituents is 1. The first kappa shape index (κ1) is 22.7. The van der Waals surface area contributed by atoms with E-state index in [-0.39, 0.29) is 34.7 Å². The van der Waals surface area contributed by atoms with Gasteiger partial charge in [-0.05, 0) is 35.7 Å². The van der Waals surface area contributed by atoms with Crippen molar-refractivity contribution < 1.29 is 30.9 Å². The molecule has 2 aromatic rings. The van der Waals surface area contributed by atoms with Gasteiger partial charge in [0.2, 0.25) is 10.0 Å². The molecule has 3 N–H and O–H groups in total. The van der Waals surface area contributed by atoms with Crippen LogP contribution in [0.25, 0.3) is 0 Å². The quantitative estimate of drug-likeness (QED) is 0.393. The van der Waals surface area contributed by atoms with E-state index in [1.54, 1.807) is 6.92 Å². The highest BCUT2D eigenvalue weighted by molar-refractivity contribution is 7.89. The molecule has 0 saturated carbocycles. The van der Waals surface area contributed by atoms with Gasteiger partial charge in [0, 0.05) is 24.7 Å². The van der Waals surface area contributed by atoms with Gasteiger partial charge in [0.05, 0.1) is 15.4 Å². The van der Waals surface area contributed by atoms with E-state index in [9.17, 15) is 36.1 Å². The molecule has 0 unspecified atom stereocenters. The minimum absolute atomic E-state index is 0.0196. The van der Waals surface area contributed by atoms with Gasteiger partial charge in [0.15, 0.2) is 0 Å². The smallest absolute Gasteiger partial charge is 0.324 e. The van der Waals surface area contributed by atoms with Crippen LogP contribution in [0, 0.1) is 15.9 Å². The number of hydrogen-bond acceptors (Lipinski definition) is 5. The van der Waals surface area contributed by atoms with Gasteiger partial charge in [-0.25, -0.2) is 17.5 Å². The van der Waals surface area contributed by atoms with E-state index in [2.05, 4.69) is 4.72 Å². The Labute approximate surface area is 163 Å². The molecule has 0 bridgehead atoms. The van der Waals surface area contributed by atoms with E-state index in [4.69, 9.17) is 5.73 Å². The summed E-state index contributed by atoms with van der Waals surface area (Å²) in [5, 5.41) is 11.0. The predicted octanol–water partition coefficient (Wildman–Crippen LogP) is 3.29. The van der Waals surface area contributed by atoms with Crippen LogP contribution in [0.15, 0.2) is 41.3 Å². The Kier molecular flexibility index (Phi) is 6.60. The highest BCUT2D eigenvalue weighted by Crippen LogP contribution is 2.33. The van der Waals surface area contributed by atoms with E-state index < -0.39 is 38.5 Å². The number of alkyl halides is 3. The molecule has 1 atom stereocenters. The predicted molar refractivity (Wildman–Crippen MR) is 96.0 cm³/mol. The number of halogens is 4. The van der Waals surface area contributed by atoms with Gasteiger partial charge in [0.25, 0.3) is 5.69 Å². The molecule has 12 heteroatoms. The Balaban J connectivity index is 2.45. The van der Waals surface area contributed by atoms with Crippen molar-refractivity contribution in [2.24, 2.45) is 5.73 Å². The van der Waals surface area contributed by atoms with E-state index in [0.717, 1.165) is 24.3 Å². The number of benzene rings is 2. The molecule has 0 aliphatic carbocycles. The second-order valence-electron chi connectivity index (χ2n) is 6.10. The van der Waals surface area contributed by atoms with Crippen LogP contribution in [-0.2, 0) is 22.6 Å². The molecular weight excluding hydrogens is 418 g/mol. The van der Waals surface area contributed by atoms with Gasteiger partial charge in [-0.3, -0.25) is 10.1 Å². The Morgan fingerprint density at radius 3 is 2.38 bits per heavy atom. The molecule has 2 aromatic carbocycles. The first-order chi connectivity index (χ1) is 13.4. The fraction of sp³-hybridized carbons (Fsp3) is 0.294. The van der Waals surface area contributed by atoms with Crippen LogP contribution >= 0.6 is 0 Å². The summed E-state index contributed by atoms with van der Waals surface area (Å²) in [5.41, 5.74) is 4.05. The van der Waals surface area contributed by atoms with Crippen molar-refractivity contribution in [2.75, 3.05) is 6.54 Å². The maximum atomic E-state index is 13.8. The van der Waals surface area contributed by atoms with Crippen LogP contribution in [0.2, 0.25) is 0 Å². The van der Waals surface area contributed by atoms with Crippen LogP contribution in [0.3, 0.4) is 0 Å². The molecule has 0 radical (unpaired) electrons. The maximum absolute atomic E-state index is 13.8. The number of nitrogens with one attached hydrogen (secondary N) is 1. The van der Waals surface area contributed by atoms with Gasteiger partial charge in [-0.1, -0.05) is 13.0 Å². The highest BCUT2D eigenvalue weighted by atomic mass is 32.2. The van der Waals surface area contributed by atoms with E-state index in [0.29, 0.717) is 12.1 Å². The van der Waals surface area contributed by atoms with Crippen molar-refractivity contribution in [1.82, 2.24) is 4.72 Å². The van der Waals surface area contributed by atoms with E-state index in [1.165, 1.54) is 0 Å². The van der Waals surface area contributed by atoms with Gasteiger partial charge in [-0.2, -0.15) is 13.2 Å². The highest BCUT2D eigenvalue weighted by Gasteiger charge is 2.34. The summed E-state index contributed by atoms with van der Waals surface area (Å²) >= 11 is 0. The zero-order chi connectivity index (χ0) is 22.0. The molecular formula is C17H17F4N3O4S. The molecule has 158 valence electrons. The van der Waals surface area contributed by atoms with Gasteiger partial charge >= 0.3 is 6.18 Å². The van der Waals surface area contributed by atoms with Crippen LogP contribution in [-0.4, -0.2) is 19.9 Å². The number of rotatable bonds is 7. The van der Waals surface area contributed by atoms with Gasteiger partial charge in [0.1, 0.15) is 5.82 Å². The zero-order valence-electron chi connectivity index (χ0n) is 15.0. The minimum Gasteiger partial charge on any atom is -0.324 e. The lowest BCUT2D eigenvalue weighted by molar-refractivity contribution is -0.385. The molecule has 0 aromatic heterocycles. The third kappa shape index (κ3) is 5.28. The molecule has 0 saturated heterocycles. The van der Waals surface area contributed by atoms with Crippen molar-refractivity contribution in [3.63, 3.8) is 0 Å². The van der Waals surface area contributed by atoms with Crippen molar-refractivity contribution in [2.45, 2.75) is 30.5 Å². The van der Waals surface area contributed by atoms with Crippen molar-refractivity contribution in [3.8, 4) is 0 Å². The van der Waals surface area contributed by atoms with E-state index >= 15 is 0 Å². The van der Waals surface area contributed by atoms with Gasteiger partial charge < -0.3 is 5.73 Å². The number of nitro groups is 1. The van der Waals surface area contributed by atoms with Crippen molar-refractivity contribution in [3.05, 3.63) is 69.0 Å².